The van der Waals surface area contributed by atoms with Gasteiger partial charge in [0.05, 0.1) is 62.3 Å². The molecule has 0 radical (unpaired) electrons. The minimum Gasteiger partial charge on any atom is -0.479 e. The highest BCUT2D eigenvalue weighted by Crippen LogP contribution is 2.76. The Kier molecular flexibility index (Phi) is 31.8. The number of rotatable bonds is 31. The van der Waals surface area contributed by atoms with Gasteiger partial charge in [0, 0.05) is 13.0 Å². The van der Waals surface area contributed by atoms with E-state index in [-0.39, 0.29) is 31.6 Å². The maximum absolute atomic E-state index is 16.2. The minimum absolute atomic E-state index is 0.000369. The number of carbonyl (C=O) groups excluding carboxylic acids is 3. The molecule has 39 nitrogen and oxygen atoms in total. The number of amides is 1. The summed E-state index contributed by atoms with van der Waals surface area (Å²) >= 11 is 0. The van der Waals surface area contributed by atoms with Crippen LogP contribution in [0.15, 0.2) is 11.6 Å². The molecular formula is C83H135NO38. The summed E-state index contributed by atoms with van der Waals surface area (Å²) in [6.07, 6.45) is -45.3. The molecule has 0 aromatic carbocycles. The molecule has 21 N–H and O–H groups in total. The average Bonchev–Trinajstić information content (AvgIpc) is 0.668. The number of hydrogen-bond acceptors (Lipinski definition) is 37. The largest absolute Gasteiger partial charge is 0.479 e. The lowest BCUT2D eigenvalue weighted by Gasteiger charge is -2.71. The molecule has 1 amide bonds. The number of unbranched alkanes of at least 4 members (excludes halogenated alkanes) is 8. The number of allylic oxidation sites excluding steroid dienone is 2. The first-order chi connectivity index (χ1) is 57.6. The highest BCUT2D eigenvalue weighted by molar-refractivity contribution is 5.80. The highest BCUT2D eigenvalue weighted by atomic mass is 16.8. The Bertz CT molecular complexity index is 3490. The van der Waals surface area contributed by atoms with Crippen molar-refractivity contribution >= 4 is 24.1 Å². The molecular weight excluding hydrogens is 1620 g/mol. The zero-order chi connectivity index (χ0) is 88.9. The van der Waals surface area contributed by atoms with Gasteiger partial charge in [0.2, 0.25) is 12.2 Å². The van der Waals surface area contributed by atoms with E-state index >= 15 is 4.79 Å². The number of aldehydes is 1. The van der Waals surface area contributed by atoms with Crippen LogP contribution in [-0.2, 0) is 85.5 Å². The number of ether oxygens (including phenoxy) is 14. The third kappa shape index (κ3) is 18.8. The summed E-state index contributed by atoms with van der Waals surface area (Å²) in [6.45, 7) is 12.9. The lowest BCUT2D eigenvalue weighted by atomic mass is 9.33. The molecule has 12 rings (SSSR count). The number of aliphatic hydroxyl groups is 19. The van der Waals surface area contributed by atoms with E-state index < -0.39 is 303 Å². The van der Waals surface area contributed by atoms with Crippen LogP contribution in [0.1, 0.15) is 184 Å². The Morgan fingerprint density at radius 2 is 1.05 bits per heavy atom. The third-order valence-electron chi connectivity index (χ3n) is 30.0. The van der Waals surface area contributed by atoms with E-state index in [4.69, 9.17) is 66.3 Å². The Balaban J connectivity index is 0.758. The van der Waals surface area contributed by atoms with Crippen LogP contribution in [0.4, 0.5) is 0 Å². The van der Waals surface area contributed by atoms with E-state index in [2.05, 4.69) is 46.0 Å². The van der Waals surface area contributed by atoms with Crippen LogP contribution in [0, 0.1) is 50.2 Å². The van der Waals surface area contributed by atoms with Crippen LogP contribution in [0.5, 0.6) is 0 Å². The van der Waals surface area contributed by atoms with E-state index in [0.717, 1.165) is 50.4 Å². The molecule has 0 aromatic rings. The smallest absolute Gasteiger partial charge is 0.335 e. The van der Waals surface area contributed by atoms with Gasteiger partial charge in [-0.1, -0.05) is 105 Å². The zero-order valence-corrected chi connectivity index (χ0v) is 70.6. The molecule has 122 heavy (non-hydrogen) atoms. The summed E-state index contributed by atoms with van der Waals surface area (Å²) in [5, 5.41) is 223. The van der Waals surface area contributed by atoms with Crippen molar-refractivity contribution in [2.24, 2.45) is 50.2 Å². The Labute approximate surface area is 708 Å². The van der Waals surface area contributed by atoms with Gasteiger partial charge in [0.25, 0.3) is 0 Å². The number of carbonyl (C=O) groups is 4. The first kappa shape index (κ1) is 97.6. The van der Waals surface area contributed by atoms with E-state index in [1.54, 1.807) is 13.8 Å². The molecule has 7 saturated heterocycles. The number of carboxylic acids is 1. The summed E-state index contributed by atoms with van der Waals surface area (Å²) in [5.74, 6) is -4.76. The Morgan fingerprint density at radius 1 is 0.508 bits per heavy atom. The molecule has 43 atom stereocenters. The van der Waals surface area contributed by atoms with E-state index in [1.165, 1.54) is 6.92 Å². The van der Waals surface area contributed by atoms with Crippen LogP contribution < -0.4 is 5.32 Å². The van der Waals surface area contributed by atoms with Crippen molar-refractivity contribution in [2.45, 2.75) is 399 Å². The first-order valence-corrected chi connectivity index (χ1v) is 43.7. The molecule has 39 heteroatoms. The van der Waals surface area contributed by atoms with Crippen molar-refractivity contribution in [2.75, 3.05) is 33.0 Å². The highest BCUT2D eigenvalue weighted by Gasteiger charge is 2.73. The molecule has 5 aliphatic carbocycles. The molecule has 7 aliphatic heterocycles. The predicted octanol–water partition coefficient (Wildman–Crippen LogP) is -3.58. The normalized spacial score (nSPS) is 49.6. The van der Waals surface area contributed by atoms with Gasteiger partial charge >= 0.3 is 11.9 Å². The van der Waals surface area contributed by atoms with E-state index in [9.17, 15) is 117 Å². The standard InChI is InChI=1S/C83H135NO38/c1-9-41-52(94)55(97)60(102)70(113-41)109-28-18-16-14-12-10-11-13-15-17-19-48(91)84-49-42(31-85)114-75(67(54(49)96)120-73-62(104)57(99)64(36(2)112-73)117-71-58(100)50(92)39(88)33-110-71)122-77(108)83-27-26-78(3,4)29-38(83)37-20-21-45-79(5)24-23-47(80(6,35-87)44(79)22-25-81(45,7)82(37,8)30-46(83)90)116-76-68(121-74-61(103)56(98)53(95)43(32-86)115-74)65(63(105)66(119-76)69(106)107)118-72-59(101)51(93)40(89)34-111-72/h20,35-36,38-47,49-68,70-76,85-86,88-90,92-105H,9-19,21-34H2,1-8H3,(H,84,91)(H,106,107)/t36?,38?,39-,40-,41-,42-,43?,44-,45?,46?,47+,49+,50?,51+,52+,53+,54?,55?,56+,57?,58?,59?,60?,61?,62?,63+,64+,65+,66?,67?,68?,70-,71+,72+,73+,74+,75+,76-,79?,80-,81+,82-,83-/m1/s1. The van der Waals surface area contributed by atoms with Crippen LogP contribution >= 0.6 is 0 Å². The van der Waals surface area contributed by atoms with Gasteiger partial charge in [-0.15, -0.1) is 0 Å². The number of aliphatic carboxylic acids is 1. The molecule has 18 unspecified atom stereocenters. The maximum atomic E-state index is 16.2. The van der Waals surface area contributed by atoms with Gasteiger partial charge in [0.1, 0.15) is 140 Å². The quantitative estimate of drug-likeness (QED) is 0.0105. The molecule has 0 aromatic heterocycles. The van der Waals surface area contributed by atoms with E-state index in [0.29, 0.717) is 70.8 Å². The van der Waals surface area contributed by atoms with Crippen LogP contribution in [0.3, 0.4) is 0 Å². The fraction of sp³-hybridized carbons (Fsp3) is 0.928. The second-order valence-corrected chi connectivity index (χ2v) is 38.1. The summed E-state index contributed by atoms with van der Waals surface area (Å²) < 4.78 is 84.6. The van der Waals surface area contributed by atoms with Gasteiger partial charge in [-0.3, -0.25) is 9.59 Å². The third-order valence-corrected chi connectivity index (χ3v) is 30.0. The van der Waals surface area contributed by atoms with Crippen molar-refractivity contribution in [1.82, 2.24) is 5.32 Å². The summed E-state index contributed by atoms with van der Waals surface area (Å²) in [7, 11) is 0. The second kappa shape index (κ2) is 39.7. The van der Waals surface area contributed by atoms with Gasteiger partial charge in [0.15, 0.2) is 49.9 Å². The molecule has 12 aliphatic rings. The fourth-order valence-electron chi connectivity index (χ4n) is 22.5. The predicted molar refractivity (Wildman–Crippen MR) is 412 cm³/mol. The average molecular weight is 1750 g/mol. The monoisotopic (exact) mass is 1750 g/mol. The van der Waals surface area contributed by atoms with Crippen molar-refractivity contribution in [1.29, 1.82) is 0 Å². The maximum Gasteiger partial charge on any atom is 0.335 e. The Morgan fingerprint density at radius 3 is 1.66 bits per heavy atom. The van der Waals surface area contributed by atoms with Crippen molar-refractivity contribution in [3.05, 3.63) is 11.6 Å². The molecule has 11 fully saturated rings. The molecule has 0 spiro atoms. The molecule has 7 heterocycles. The number of nitrogens with one attached hydrogen (secondary N) is 1. The summed E-state index contributed by atoms with van der Waals surface area (Å²) in [6, 6.07) is -1.47. The molecule has 4 saturated carbocycles. The van der Waals surface area contributed by atoms with Crippen molar-refractivity contribution in [3.63, 3.8) is 0 Å². The lowest BCUT2D eigenvalue weighted by molar-refractivity contribution is -0.391. The van der Waals surface area contributed by atoms with Crippen LogP contribution in [-0.4, -0.2) is 374 Å². The SMILES string of the molecule is CC[C@H]1O[C@@H](OCCCCCCCCCCCC(=O)N[C@@H]2C(O)C(O[C@@H]3OC(C)[C@H](O[C@@H]4OC[C@@H](O)C(O)C4O)C(O)C3O)[C@H](OC(=O)[C@]34CCC(C)(C)CC3C3=CCC5C6(C)CC[C@H](O[C@@H]7OC(C(=O)O)[C@@H](O)[C@H](O[C@@H]8OC[C@@H](O)[C@H](O)C8O)C7O[C@@H]7OC(CO)[C@H](O)[C@H](O)C7O)[C@](C)(C=O)[C@@H]6CC[C@]5(C)[C@]3(C)CC4O)O[C@@H]2CO)C(O)C(O)[C@H]1O. The van der Waals surface area contributed by atoms with Gasteiger partial charge in [-0.2, -0.15) is 0 Å². The van der Waals surface area contributed by atoms with Gasteiger partial charge < -0.3 is 179 Å². The summed E-state index contributed by atoms with van der Waals surface area (Å²) in [4.78, 5) is 57.6. The fourth-order valence-corrected chi connectivity index (χ4v) is 22.5. The molecule has 700 valence electrons. The topological polar surface area (TPSA) is 614 Å². The van der Waals surface area contributed by atoms with Crippen molar-refractivity contribution in [3.8, 4) is 0 Å². The number of aliphatic hydroxyl groups excluding tert-OH is 19. The zero-order valence-electron chi connectivity index (χ0n) is 70.6. The van der Waals surface area contributed by atoms with Crippen LogP contribution in [0.25, 0.3) is 0 Å². The molecule has 0 bridgehead atoms. The number of hydrogen-bond donors (Lipinski definition) is 21. The number of carboxylic acid groups (broad SMARTS) is 1. The first-order valence-electron chi connectivity index (χ1n) is 43.7. The minimum atomic E-state index is -2.24. The van der Waals surface area contributed by atoms with Gasteiger partial charge in [-0.05, 0) is 123 Å². The van der Waals surface area contributed by atoms with Gasteiger partial charge in [-0.25, -0.2) is 4.79 Å². The second-order valence-electron chi connectivity index (χ2n) is 38.1. The van der Waals surface area contributed by atoms with Crippen molar-refractivity contribution < 1.29 is 188 Å². The lowest BCUT2D eigenvalue weighted by Crippen LogP contribution is -2.70. The Hall–Kier alpha value is -3.46. The summed E-state index contributed by atoms with van der Waals surface area (Å²) in [5.41, 5.74) is -5.11. The number of esters is 1. The number of fused-ring (bicyclic) bond motifs is 7. The van der Waals surface area contributed by atoms with E-state index in [1.807, 2.05) is 0 Å². The van der Waals surface area contributed by atoms with Crippen LogP contribution in [0.2, 0.25) is 0 Å².